The van der Waals surface area contributed by atoms with Crippen LogP contribution in [0.3, 0.4) is 0 Å². The van der Waals surface area contributed by atoms with Crippen LogP contribution in [0.4, 0.5) is 5.69 Å². The molecule has 98 valence electrons. The van der Waals surface area contributed by atoms with Crippen LogP contribution < -0.4 is 9.64 Å². The minimum Gasteiger partial charge on any atom is -0.496 e. The highest BCUT2D eigenvalue weighted by atomic mass is 16.5. The summed E-state index contributed by atoms with van der Waals surface area (Å²) in [5, 5.41) is 9.29. The minimum absolute atomic E-state index is 0.0176. The maximum absolute atomic E-state index is 11.9. The first-order chi connectivity index (χ1) is 9.08. The summed E-state index contributed by atoms with van der Waals surface area (Å²) >= 11 is 0. The van der Waals surface area contributed by atoms with Gasteiger partial charge in [0.15, 0.2) is 0 Å². The molecule has 1 fully saturated rings. The third kappa shape index (κ3) is 2.25. The molecule has 0 aromatic heterocycles. The molecule has 1 aromatic rings. The molecule has 0 saturated carbocycles. The number of amides is 1. The van der Waals surface area contributed by atoms with Crippen LogP contribution in [0, 0.1) is 18.3 Å². The average Bonchev–Trinajstić information content (AvgIpc) is 2.78. The van der Waals surface area contributed by atoms with Crippen LogP contribution in [0.5, 0.6) is 5.75 Å². The zero-order chi connectivity index (χ0) is 14.0. The van der Waals surface area contributed by atoms with Gasteiger partial charge in [0, 0.05) is 18.9 Å². The van der Waals surface area contributed by atoms with Gasteiger partial charge in [0.2, 0.25) is 5.91 Å². The number of hydrogen-bond donors (Lipinski definition) is 1. The van der Waals surface area contributed by atoms with Gasteiger partial charge in [-0.25, -0.2) is 4.79 Å². The zero-order valence-corrected chi connectivity index (χ0v) is 10.4. The first kappa shape index (κ1) is 13.0. The predicted molar refractivity (Wildman–Crippen MR) is 69.2 cm³/mol. The maximum Gasteiger partial charge on any atom is 0.341 e. The van der Waals surface area contributed by atoms with Crippen molar-refractivity contribution in [3.8, 4) is 18.1 Å². The van der Waals surface area contributed by atoms with Crippen LogP contribution in [0.15, 0.2) is 18.2 Å². The van der Waals surface area contributed by atoms with E-state index in [9.17, 15) is 14.7 Å². The van der Waals surface area contributed by atoms with Crippen molar-refractivity contribution in [2.24, 2.45) is 5.92 Å². The third-order valence-corrected chi connectivity index (χ3v) is 3.09. The van der Waals surface area contributed by atoms with Crippen LogP contribution in [0.25, 0.3) is 0 Å². The van der Waals surface area contributed by atoms with Gasteiger partial charge in [0.05, 0.1) is 12.8 Å². The zero-order valence-electron chi connectivity index (χ0n) is 10.4. The molecule has 1 N–H and O–H groups in total. The molecule has 5 nitrogen and oxygen atoms in total. The molecule has 1 atom stereocenters. The lowest BCUT2D eigenvalue weighted by atomic mass is 10.1. The number of carboxylic acids is 1. The number of carboxylic acid groups (broad SMARTS) is 1. The second kappa shape index (κ2) is 5.02. The molecule has 1 aliphatic heterocycles. The van der Waals surface area contributed by atoms with Crippen LogP contribution in [0.1, 0.15) is 16.8 Å². The summed E-state index contributed by atoms with van der Waals surface area (Å²) in [6.45, 7) is 0.336. The Morgan fingerprint density at radius 2 is 2.32 bits per heavy atom. The Balaban J connectivity index is 2.49. The number of carbonyl (C=O) groups excluding carboxylic acids is 1. The standard InChI is InChI=1S/C14H13NO4/c1-3-9-7-12(16)15(8-9)10-5-4-6-11(19-2)13(10)14(17)18/h1,4-6,9H,7-8H2,2H3,(H,17,18). The summed E-state index contributed by atoms with van der Waals surface area (Å²) in [7, 11) is 1.39. The van der Waals surface area contributed by atoms with E-state index in [4.69, 9.17) is 11.2 Å². The lowest BCUT2D eigenvalue weighted by Gasteiger charge is -2.19. The lowest BCUT2D eigenvalue weighted by Crippen LogP contribution is -2.26. The Bertz CT molecular complexity index is 573. The van der Waals surface area contributed by atoms with Crippen molar-refractivity contribution in [2.75, 3.05) is 18.6 Å². The number of rotatable bonds is 3. The van der Waals surface area contributed by atoms with Crippen molar-refractivity contribution in [1.29, 1.82) is 0 Å². The van der Waals surface area contributed by atoms with Gasteiger partial charge >= 0.3 is 5.97 Å². The van der Waals surface area contributed by atoms with Gasteiger partial charge in [-0.15, -0.1) is 12.3 Å². The van der Waals surface area contributed by atoms with E-state index < -0.39 is 5.97 Å². The van der Waals surface area contributed by atoms with Gasteiger partial charge in [-0.1, -0.05) is 6.07 Å². The monoisotopic (exact) mass is 259 g/mol. The summed E-state index contributed by atoms with van der Waals surface area (Å²) in [6.07, 6.45) is 5.56. The maximum atomic E-state index is 11.9. The number of terminal acetylenes is 1. The Morgan fingerprint density at radius 1 is 1.58 bits per heavy atom. The highest BCUT2D eigenvalue weighted by Gasteiger charge is 2.32. The van der Waals surface area contributed by atoms with Crippen molar-refractivity contribution in [2.45, 2.75) is 6.42 Å². The largest absolute Gasteiger partial charge is 0.496 e. The molecule has 2 rings (SSSR count). The molecule has 1 unspecified atom stereocenters. The second-order valence-corrected chi connectivity index (χ2v) is 4.23. The highest BCUT2D eigenvalue weighted by molar-refractivity contribution is 6.05. The number of aromatic carboxylic acids is 1. The molecule has 19 heavy (non-hydrogen) atoms. The highest BCUT2D eigenvalue weighted by Crippen LogP contribution is 2.33. The van der Waals surface area contributed by atoms with Gasteiger partial charge in [-0.3, -0.25) is 4.79 Å². The molecule has 1 amide bonds. The second-order valence-electron chi connectivity index (χ2n) is 4.23. The van der Waals surface area contributed by atoms with E-state index in [0.717, 1.165) is 0 Å². The molecule has 1 aromatic carbocycles. The van der Waals surface area contributed by atoms with E-state index >= 15 is 0 Å². The topological polar surface area (TPSA) is 66.8 Å². The summed E-state index contributed by atoms with van der Waals surface area (Å²) in [4.78, 5) is 24.7. The number of hydrogen-bond acceptors (Lipinski definition) is 3. The number of nitrogens with zero attached hydrogens (tertiary/aromatic N) is 1. The predicted octanol–water partition coefficient (Wildman–Crippen LogP) is 1.38. The fourth-order valence-electron chi connectivity index (χ4n) is 2.18. The Morgan fingerprint density at radius 3 is 2.84 bits per heavy atom. The number of anilines is 1. The van der Waals surface area contributed by atoms with E-state index in [2.05, 4.69) is 5.92 Å². The molecule has 1 aliphatic rings. The van der Waals surface area contributed by atoms with E-state index in [1.165, 1.54) is 12.0 Å². The fourth-order valence-corrected chi connectivity index (χ4v) is 2.18. The van der Waals surface area contributed by atoms with Crippen molar-refractivity contribution in [3.05, 3.63) is 23.8 Å². The van der Waals surface area contributed by atoms with E-state index in [-0.39, 0.29) is 29.6 Å². The van der Waals surface area contributed by atoms with E-state index in [1.807, 2.05) is 0 Å². The van der Waals surface area contributed by atoms with E-state index in [1.54, 1.807) is 18.2 Å². The number of carbonyl (C=O) groups is 2. The third-order valence-electron chi connectivity index (χ3n) is 3.09. The van der Waals surface area contributed by atoms with Crippen molar-refractivity contribution in [1.82, 2.24) is 0 Å². The fraction of sp³-hybridized carbons (Fsp3) is 0.286. The molecule has 0 bridgehead atoms. The number of benzene rings is 1. The van der Waals surface area contributed by atoms with Gasteiger partial charge in [-0.05, 0) is 12.1 Å². The van der Waals surface area contributed by atoms with Crippen molar-refractivity contribution >= 4 is 17.6 Å². The van der Waals surface area contributed by atoms with Gasteiger partial charge < -0.3 is 14.7 Å². The molecular weight excluding hydrogens is 246 g/mol. The summed E-state index contributed by atoms with van der Waals surface area (Å²) in [5.41, 5.74) is 0.311. The minimum atomic E-state index is -1.13. The first-order valence-corrected chi connectivity index (χ1v) is 5.75. The number of methoxy groups -OCH3 is 1. The van der Waals surface area contributed by atoms with E-state index in [0.29, 0.717) is 12.2 Å². The van der Waals surface area contributed by atoms with Crippen molar-refractivity contribution < 1.29 is 19.4 Å². The molecule has 1 heterocycles. The van der Waals surface area contributed by atoms with Crippen LogP contribution in [-0.4, -0.2) is 30.6 Å². The van der Waals surface area contributed by atoms with Gasteiger partial charge in [0.25, 0.3) is 0 Å². The lowest BCUT2D eigenvalue weighted by molar-refractivity contribution is -0.117. The SMILES string of the molecule is C#CC1CC(=O)N(c2cccc(OC)c2C(=O)O)C1. The normalized spacial score (nSPS) is 18.2. The first-order valence-electron chi connectivity index (χ1n) is 5.75. The molecule has 0 aliphatic carbocycles. The molecular formula is C14H13NO4. The van der Waals surface area contributed by atoms with Crippen LogP contribution >= 0.6 is 0 Å². The van der Waals surface area contributed by atoms with Crippen LogP contribution in [0.2, 0.25) is 0 Å². The quantitative estimate of drug-likeness (QED) is 0.833. The molecule has 1 saturated heterocycles. The molecule has 0 spiro atoms. The van der Waals surface area contributed by atoms with Crippen molar-refractivity contribution in [3.63, 3.8) is 0 Å². The average molecular weight is 259 g/mol. The summed E-state index contributed by atoms with van der Waals surface area (Å²) < 4.78 is 5.04. The van der Waals surface area contributed by atoms with Crippen LogP contribution in [-0.2, 0) is 4.79 Å². The Kier molecular flexibility index (Phi) is 3.43. The smallest absolute Gasteiger partial charge is 0.341 e. The summed E-state index contributed by atoms with van der Waals surface area (Å²) in [5.74, 6) is 1.27. The van der Waals surface area contributed by atoms with Gasteiger partial charge in [0.1, 0.15) is 11.3 Å². The van der Waals surface area contributed by atoms with Gasteiger partial charge in [-0.2, -0.15) is 0 Å². The Hall–Kier alpha value is -2.48. The molecule has 5 heteroatoms. The summed E-state index contributed by atoms with van der Waals surface area (Å²) in [6, 6.07) is 4.78. The Labute approximate surface area is 110 Å². The number of ether oxygens (including phenoxy) is 1. The molecule has 0 radical (unpaired) electrons.